The lowest BCUT2D eigenvalue weighted by Gasteiger charge is -2.31. The highest BCUT2D eigenvalue weighted by molar-refractivity contribution is 6.30. The summed E-state index contributed by atoms with van der Waals surface area (Å²) in [5.41, 5.74) is 1.91. The van der Waals surface area contributed by atoms with Gasteiger partial charge in [0.1, 0.15) is 0 Å². The first kappa shape index (κ1) is 18.4. The van der Waals surface area contributed by atoms with E-state index in [1.54, 1.807) is 6.92 Å². The summed E-state index contributed by atoms with van der Waals surface area (Å²) in [5, 5.41) is 13.1. The van der Waals surface area contributed by atoms with E-state index in [0.717, 1.165) is 24.1 Å². The SMILES string of the molecule is CCOC(=O)CCc1cc(Cl)ccc1NC1CCN(C(=O)O)CC1. The minimum atomic E-state index is -0.866. The van der Waals surface area contributed by atoms with E-state index >= 15 is 0 Å². The molecular weight excluding hydrogens is 332 g/mol. The number of piperidine rings is 1. The average Bonchev–Trinajstić information content (AvgIpc) is 2.56. The first-order chi connectivity index (χ1) is 11.5. The minimum absolute atomic E-state index is 0.211. The Kier molecular flexibility index (Phi) is 6.73. The molecule has 0 radical (unpaired) electrons. The van der Waals surface area contributed by atoms with Crippen LogP contribution in [0.1, 0.15) is 31.7 Å². The van der Waals surface area contributed by atoms with E-state index in [4.69, 9.17) is 21.4 Å². The summed E-state index contributed by atoms with van der Waals surface area (Å²) in [5.74, 6) is -0.224. The summed E-state index contributed by atoms with van der Waals surface area (Å²) in [6.45, 7) is 3.22. The van der Waals surface area contributed by atoms with Gasteiger partial charge in [-0.05, 0) is 49.9 Å². The van der Waals surface area contributed by atoms with Gasteiger partial charge in [-0.3, -0.25) is 4.79 Å². The van der Waals surface area contributed by atoms with E-state index in [-0.39, 0.29) is 12.0 Å². The number of nitrogens with one attached hydrogen (secondary N) is 1. The van der Waals surface area contributed by atoms with Crippen molar-refractivity contribution in [3.8, 4) is 0 Å². The number of anilines is 1. The predicted molar refractivity (Wildman–Crippen MR) is 92.6 cm³/mol. The minimum Gasteiger partial charge on any atom is -0.466 e. The number of nitrogens with zero attached hydrogens (tertiary/aromatic N) is 1. The van der Waals surface area contributed by atoms with E-state index < -0.39 is 6.09 Å². The number of rotatable bonds is 6. The quantitative estimate of drug-likeness (QED) is 0.765. The van der Waals surface area contributed by atoms with Crippen LogP contribution in [0, 0.1) is 0 Å². The molecule has 7 heteroatoms. The van der Waals surface area contributed by atoms with Gasteiger partial charge in [-0.2, -0.15) is 0 Å². The first-order valence-electron chi connectivity index (χ1n) is 8.18. The fourth-order valence-electron chi connectivity index (χ4n) is 2.81. The summed E-state index contributed by atoms with van der Waals surface area (Å²) in [4.78, 5) is 24.0. The Hall–Kier alpha value is -1.95. The number of carboxylic acid groups (broad SMARTS) is 1. The number of aryl methyl sites for hydroxylation is 1. The number of hydrogen-bond acceptors (Lipinski definition) is 4. The molecule has 0 aliphatic carbocycles. The Bertz CT molecular complexity index is 586. The molecule has 0 unspecified atom stereocenters. The molecule has 1 aliphatic rings. The van der Waals surface area contributed by atoms with Crippen molar-refractivity contribution < 1.29 is 19.4 Å². The van der Waals surface area contributed by atoms with Crippen LogP contribution in [0.3, 0.4) is 0 Å². The van der Waals surface area contributed by atoms with Crippen molar-refractivity contribution in [1.82, 2.24) is 4.90 Å². The molecule has 1 aliphatic heterocycles. The molecule has 1 fully saturated rings. The maximum Gasteiger partial charge on any atom is 0.407 e. The fourth-order valence-corrected chi connectivity index (χ4v) is 3.01. The Morgan fingerprint density at radius 1 is 1.38 bits per heavy atom. The van der Waals surface area contributed by atoms with Crippen LogP contribution in [0.5, 0.6) is 0 Å². The molecule has 6 nitrogen and oxygen atoms in total. The number of likely N-dealkylation sites (tertiary alicyclic amines) is 1. The van der Waals surface area contributed by atoms with Gasteiger partial charge < -0.3 is 20.1 Å². The monoisotopic (exact) mass is 354 g/mol. The van der Waals surface area contributed by atoms with Crippen molar-refractivity contribution in [2.24, 2.45) is 0 Å². The molecule has 0 atom stereocenters. The van der Waals surface area contributed by atoms with Gasteiger partial charge >= 0.3 is 12.1 Å². The maximum atomic E-state index is 11.6. The number of amides is 1. The second kappa shape index (κ2) is 8.78. The zero-order chi connectivity index (χ0) is 17.5. The van der Waals surface area contributed by atoms with Crippen LogP contribution in [-0.4, -0.2) is 47.8 Å². The molecule has 1 saturated heterocycles. The molecule has 0 saturated carbocycles. The van der Waals surface area contributed by atoms with Gasteiger partial charge in [-0.1, -0.05) is 11.6 Å². The van der Waals surface area contributed by atoms with Crippen molar-refractivity contribution in [2.45, 2.75) is 38.6 Å². The highest BCUT2D eigenvalue weighted by atomic mass is 35.5. The van der Waals surface area contributed by atoms with E-state index in [1.807, 2.05) is 18.2 Å². The number of halogens is 1. The van der Waals surface area contributed by atoms with E-state index in [9.17, 15) is 9.59 Å². The summed E-state index contributed by atoms with van der Waals surface area (Å²) in [6.07, 6.45) is 1.50. The van der Waals surface area contributed by atoms with Gasteiger partial charge in [0.25, 0.3) is 0 Å². The number of esters is 1. The van der Waals surface area contributed by atoms with Crippen molar-refractivity contribution in [3.05, 3.63) is 28.8 Å². The Labute approximate surface area is 146 Å². The predicted octanol–water partition coefficient (Wildman–Crippen LogP) is 3.39. The van der Waals surface area contributed by atoms with Crippen LogP contribution in [0.15, 0.2) is 18.2 Å². The van der Waals surface area contributed by atoms with E-state index in [0.29, 0.717) is 37.6 Å². The third kappa shape index (κ3) is 5.30. The van der Waals surface area contributed by atoms with Crippen molar-refractivity contribution in [2.75, 3.05) is 25.0 Å². The molecular formula is C17H23ClN2O4. The van der Waals surface area contributed by atoms with Gasteiger partial charge in [0.2, 0.25) is 0 Å². The van der Waals surface area contributed by atoms with Crippen molar-refractivity contribution in [1.29, 1.82) is 0 Å². The molecule has 1 amide bonds. The van der Waals surface area contributed by atoms with Gasteiger partial charge in [0.15, 0.2) is 0 Å². The Morgan fingerprint density at radius 2 is 2.08 bits per heavy atom. The number of carbonyl (C=O) groups is 2. The average molecular weight is 355 g/mol. The van der Waals surface area contributed by atoms with E-state index in [2.05, 4.69) is 5.32 Å². The molecule has 1 heterocycles. The number of hydrogen-bond donors (Lipinski definition) is 2. The van der Waals surface area contributed by atoms with Crippen LogP contribution in [-0.2, 0) is 16.0 Å². The topological polar surface area (TPSA) is 78.9 Å². The van der Waals surface area contributed by atoms with Crippen LogP contribution in [0.2, 0.25) is 5.02 Å². The smallest absolute Gasteiger partial charge is 0.407 e. The zero-order valence-corrected chi connectivity index (χ0v) is 14.5. The van der Waals surface area contributed by atoms with Gasteiger partial charge in [0.05, 0.1) is 6.61 Å². The second-order valence-electron chi connectivity index (χ2n) is 5.79. The van der Waals surface area contributed by atoms with Gasteiger partial charge in [0, 0.05) is 36.3 Å². The summed E-state index contributed by atoms with van der Waals surface area (Å²) in [7, 11) is 0. The molecule has 2 rings (SSSR count). The number of ether oxygens (including phenoxy) is 1. The normalized spacial score (nSPS) is 15.2. The molecule has 24 heavy (non-hydrogen) atoms. The molecule has 0 spiro atoms. The summed E-state index contributed by atoms with van der Waals surface area (Å²) < 4.78 is 4.96. The van der Waals surface area contributed by atoms with Crippen LogP contribution >= 0.6 is 11.6 Å². The number of benzene rings is 1. The van der Waals surface area contributed by atoms with Crippen LogP contribution in [0.4, 0.5) is 10.5 Å². The molecule has 1 aromatic rings. The summed E-state index contributed by atoms with van der Waals surface area (Å²) >= 11 is 6.07. The lowest BCUT2D eigenvalue weighted by Crippen LogP contribution is -2.41. The van der Waals surface area contributed by atoms with Crippen LogP contribution < -0.4 is 5.32 Å². The van der Waals surface area contributed by atoms with Crippen LogP contribution in [0.25, 0.3) is 0 Å². The summed E-state index contributed by atoms with van der Waals surface area (Å²) in [6, 6.07) is 5.79. The molecule has 132 valence electrons. The second-order valence-corrected chi connectivity index (χ2v) is 6.23. The zero-order valence-electron chi connectivity index (χ0n) is 13.8. The first-order valence-corrected chi connectivity index (χ1v) is 8.56. The highest BCUT2D eigenvalue weighted by Crippen LogP contribution is 2.25. The van der Waals surface area contributed by atoms with E-state index in [1.165, 1.54) is 4.90 Å². The molecule has 1 aromatic carbocycles. The van der Waals surface area contributed by atoms with Gasteiger partial charge in [-0.15, -0.1) is 0 Å². The lowest BCUT2D eigenvalue weighted by molar-refractivity contribution is -0.143. The highest BCUT2D eigenvalue weighted by Gasteiger charge is 2.22. The van der Waals surface area contributed by atoms with Crippen molar-refractivity contribution in [3.63, 3.8) is 0 Å². The number of carbonyl (C=O) groups excluding carboxylic acids is 1. The molecule has 0 aromatic heterocycles. The van der Waals surface area contributed by atoms with Crippen molar-refractivity contribution >= 4 is 29.4 Å². The Balaban J connectivity index is 1.97. The molecule has 0 bridgehead atoms. The lowest BCUT2D eigenvalue weighted by atomic mass is 10.0. The Morgan fingerprint density at radius 3 is 2.71 bits per heavy atom. The molecule has 2 N–H and O–H groups in total. The fraction of sp³-hybridized carbons (Fsp3) is 0.529. The maximum absolute atomic E-state index is 11.6. The van der Waals surface area contributed by atoms with Gasteiger partial charge in [-0.25, -0.2) is 4.79 Å². The third-order valence-corrected chi connectivity index (χ3v) is 4.33. The standard InChI is InChI=1S/C17H23ClN2O4/c1-2-24-16(21)6-3-12-11-13(18)4-5-15(12)19-14-7-9-20(10-8-14)17(22)23/h4-5,11,14,19H,2-3,6-10H2,1H3,(H,22,23). The largest absolute Gasteiger partial charge is 0.466 e. The third-order valence-electron chi connectivity index (χ3n) is 4.10.